The third-order valence-corrected chi connectivity index (χ3v) is 3.16. The highest BCUT2D eigenvalue weighted by atomic mass is 19.3. The second-order valence-electron chi connectivity index (χ2n) is 4.05. The molecule has 2 aliphatic rings. The Morgan fingerprint density at radius 3 is 2.57 bits per heavy atom. The summed E-state index contributed by atoms with van der Waals surface area (Å²) < 4.78 is 26.9. The Labute approximate surface area is 79.9 Å². The van der Waals surface area contributed by atoms with Crippen LogP contribution in [0.25, 0.3) is 0 Å². The number of alkyl halides is 2. The smallest absolute Gasteiger partial charge is 0.407 e. The summed E-state index contributed by atoms with van der Waals surface area (Å²) >= 11 is 0. The first-order chi connectivity index (χ1) is 6.47. The summed E-state index contributed by atoms with van der Waals surface area (Å²) in [5.74, 6) is -2.78. The first-order valence-electron chi connectivity index (χ1n) is 4.53. The van der Waals surface area contributed by atoms with E-state index in [9.17, 15) is 13.6 Å². The standard InChI is InChI=1S/C8H12F2N2O2/c9-8(10)3-11-2-1-7(8)4-12(5-7)6(13)14/h11H,1-5H2,(H,13,14). The van der Waals surface area contributed by atoms with Gasteiger partial charge in [-0.2, -0.15) is 0 Å². The van der Waals surface area contributed by atoms with Crippen molar-refractivity contribution >= 4 is 6.09 Å². The highest BCUT2D eigenvalue weighted by Crippen LogP contribution is 2.48. The Hall–Kier alpha value is -0.910. The molecule has 0 aliphatic carbocycles. The number of halogens is 2. The number of carbonyl (C=O) groups is 1. The number of hydrogen-bond acceptors (Lipinski definition) is 2. The van der Waals surface area contributed by atoms with Gasteiger partial charge in [0, 0.05) is 13.1 Å². The highest BCUT2D eigenvalue weighted by molar-refractivity contribution is 5.66. The summed E-state index contributed by atoms with van der Waals surface area (Å²) in [6.07, 6.45) is -0.756. The Bertz CT molecular complexity index is 264. The molecule has 4 nitrogen and oxygen atoms in total. The number of carboxylic acid groups (broad SMARTS) is 1. The second-order valence-corrected chi connectivity index (χ2v) is 4.05. The fraction of sp³-hybridized carbons (Fsp3) is 0.875. The molecule has 2 saturated heterocycles. The van der Waals surface area contributed by atoms with Crippen LogP contribution < -0.4 is 5.32 Å². The van der Waals surface area contributed by atoms with E-state index in [0.29, 0.717) is 13.0 Å². The molecule has 0 aromatic carbocycles. The number of rotatable bonds is 0. The molecule has 6 heteroatoms. The molecule has 2 heterocycles. The molecule has 0 radical (unpaired) electrons. The average molecular weight is 206 g/mol. The molecule has 14 heavy (non-hydrogen) atoms. The maximum atomic E-state index is 13.5. The van der Waals surface area contributed by atoms with Crippen LogP contribution in [0.15, 0.2) is 0 Å². The number of likely N-dealkylation sites (tertiary alicyclic amines) is 1. The maximum absolute atomic E-state index is 13.5. The van der Waals surface area contributed by atoms with Crippen LogP contribution >= 0.6 is 0 Å². The molecule has 2 N–H and O–H groups in total. The number of nitrogens with zero attached hydrogens (tertiary/aromatic N) is 1. The van der Waals surface area contributed by atoms with E-state index in [2.05, 4.69) is 5.32 Å². The molecule has 0 aromatic heterocycles. The molecule has 0 atom stereocenters. The van der Waals surface area contributed by atoms with Crippen LogP contribution in [0.3, 0.4) is 0 Å². The van der Waals surface area contributed by atoms with E-state index in [4.69, 9.17) is 5.11 Å². The van der Waals surface area contributed by atoms with Gasteiger partial charge in [-0.1, -0.05) is 0 Å². The van der Waals surface area contributed by atoms with E-state index >= 15 is 0 Å². The quantitative estimate of drug-likeness (QED) is 0.610. The van der Waals surface area contributed by atoms with Crippen LogP contribution in [0.5, 0.6) is 0 Å². The summed E-state index contributed by atoms with van der Waals surface area (Å²) in [5, 5.41) is 11.2. The van der Waals surface area contributed by atoms with Crippen molar-refractivity contribution in [1.82, 2.24) is 10.2 Å². The van der Waals surface area contributed by atoms with E-state index in [1.165, 1.54) is 0 Å². The van der Waals surface area contributed by atoms with E-state index in [-0.39, 0.29) is 19.6 Å². The molecule has 2 aliphatic heterocycles. The van der Waals surface area contributed by atoms with Crippen molar-refractivity contribution in [2.45, 2.75) is 12.3 Å². The van der Waals surface area contributed by atoms with E-state index in [1.807, 2.05) is 0 Å². The fourth-order valence-electron chi connectivity index (χ4n) is 2.15. The van der Waals surface area contributed by atoms with Crippen LogP contribution in [-0.4, -0.2) is 48.2 Å². The van der Waals surface area contributed by atoms with Crippen LogP contribution in [0.4, 0.5) is 13.6 Å². The highest BCUT2D eigenvalue weighted by Gasteiger charge is 2.62. The van der Waals surface area contributed by atoms with Gasteiger partial charge in [-0.3, -0.25) is 0 Å². The lowest BCUT2D eigenvalue weighted by Crippen LogP contribution is -2.70. The summed E-state index contributed by atoms with van der Waals surface area (Å²) in [4.78, 5) is 11.5. The predicted octanol–water partition coefficient (Wildman–Crippen LogP) is 0.595. The fourth-order valence-corrected chi connectivity index (χ4v) is 2.15. The molecule has 0 unspecified atom stereocenters. The molecule has 2 rings (SSSR count). The van der Waals surface area contributed by atoms with Crippen molar-refractivity contribution in [2.24, 2.45) is 5.41 Å². The molecule has 1 spiro atoms. The van der Waals surface area contributed by atoms with Crippen LogP contribution in [-0.2, 0) is 0 Å². The van der Waals surface area contributed by atoms with Gasteiger partial charge >= 0.3 is 6.09 Å². The third-order valence-electron chi connectivity index (χ3n) is 3.16. The van der Waals surface area contributed by atoms with E-state index < -0.39 is 17.4 Å². The zero-order chi connectivity index (χ0) is 10.4. The van der Waals surface area contributed by atoms with Gasteiger partial charge in [0.05, 0.1) is 12.0 Å². The number of hydrogen-bond donors (Lipinski definition) is 2. The Morgan fingerprint density at radius 2 is 2.07 bits per heavy atom. The predicted molar refractivity (Wildman–Crippen MR) is 44.5 cm³/mol. The SMILES string of the molecule is O=C(O)N1CC2(CCNCC2(F)F)C1. The zero-order valence-electron chi connectivity index (χ0n) is 7.59. The molecule has 0 aromatic rings. The molecule has 2 fully saturated rings. The monoisotopic (exact) mass is 206 g/mol. The summed E-state index contributed by atoms with van der Waals surface area (Å²) in [6.45, 7) is 0.150. The van der Waals surface area contributed by atoms with Crippen molar-refractivity contribution in [1.29, 1.82) is 0 Å². The van der Waals surface area contributed by atoms with E-state index in [0.717, 1.165) is 4.90 Å². The number of amides is 1. The second kappa shape index (κ2) is 2.79. The van der Waals surface area contributed by atoms with Crippen molar-refractivity contribution in [3.63, 3.8) is 0 Å². The molecule has 80 valence electrons. The lowest BCUT2D eigenvalue weighted by molar-refractivity contribution is -0.194. The third kappa shape index (κ3) is 1.17. The summed E-state index contributed by atoms with van der Waals surface area (Å²) in [7, 11) is 0. The maximum Gasteiger partial charge on any atom is 0.407 e. The molecular formula is C8H12F2N2O2. The topological polar surface area (TPSA) is 52.6 Å². The van der Waals surface area contributed by atoms with Crippen molar-refractivity contribution in [3.8, 4) is 0 Å². The Morgan fingerprint density at radius 1 is 1.43 bits per heavy atom. The Kier molecular flexibility index (Phi) is 1.92. The Balaban J connectivity index is 2.07. The van der Waals surface area contributed by atoms with Crippen molar-refractivity contribution < 1.29 is 18.7 Å². The molecule has 0 bridgehead atoms. The van der Waals surface area contributed by atoms with Crippen molar-refractivity contribution in [3.05, 3.63) is 0 Å². The van der Waals surface area contributed by atoms with Crippen molar-refractivity contribution in [2.75, 3.05) is 26.2 Å². The number of nitrogens with one attached hydrogen (secondary N) is 1. The van der Waals surface area contributed by atoms with Gasteiger partial charge in [-0.15, -0.1) is 0 Å². The lowest BCUT2D eigenvalue weighted by atomic mass is 9.70. The summed E-state index contributed by atoms with van der Waals surface area (Å²) in [6, 6.07) is 0. The van der Waals surface area contributed by atoms with Gasteiger partial charge in [0.25, 0.3) is 5.92 Å². The first-order valence-corrected chi connectivity index (χ1v) is 4.53. The van der Waals surface area contributed by atoms with Crippen LogP contribution in [0.1, 0.15) is 6.42 Å². The van der Waals surface area contributed by atoms with Gasteiger partial charge in [-0.25, -0.2) is 13.6 Å². The minimum absolute atomic E-state index is 0.0307. The average Bonchev–Trinajstić information content (AvgIpc) is 1.99. The molecule has 1 amide bonds. The van der Waals surface area contributed by atoms with Crippen LogP contribution in [0, 0.1) is 5.41 Å². The largest absolute Gasteiger partial charge is 0.465 e. The summed E-state index contributed by atoms with van der Waals surface area (Å²) in [5.41, 5.74) is -1.10. The minimum atomic E-state index is -2.78. The van der Waals surface area contributed by atoms with Gasteiger partial charge in [0.1, 0.15) is 0 Å². The minimum Gasteiger partial charge on any atom is -0.465 e. The lowest BCUT2D eigenvalue weighted by Gasteiger charge is -2.54. The van der Waals surface area contributed by atoms with E-state index in [1.54, 1.807) is 0 Å². The van der Waals surface area contributed by atoms with Gasteiger partial charge < -0.3 is 15.3 Å². The zero-order valence-corrected chi connectivity index (χ0v) is 7.59. The van der Waals surface area contributed by atoms with Gasteiger partial charge in [0.15, 0.2) is 0 Å². The normalized spacial score (nSPS) is 28.6. The van der Waals surface area contributed by atoms with Gasteiger partial charge in [-0.05, 0) is 13.0 Å². The molecular weight excluding hydrogens is 194 g/mol. The van der Waals surface area contributed by atoms with Crippen LogP contribution in [0.2, 0.25) is 0 Å². The number of piperidine rings is 1. The molecule has 0 saturated carbocycles. The van der Waals surface area contributed by atoms with Gasteiger partial charge in [0.2, 0.25) is 0 Å². The first kappa shape index (κ1) is 9.64.